The molecule has 0 bridgehead atoms. The third-order valence-electron chi connectivity index (χ3n) is 2.74. The van der Waals surface area contributed by atoms with Crippen molar-refractivity contribution < 1.29 is 0 Å². The molecule has 0 aliphatic heterocycles. The number of hydrogen-bond acceptors (Lipinski definition) is 2. The molecule has 2 rings (SSSR count). The van der Waals surface area contributed by atoms with Gasteiger partial charge in [-0.15, -0.1) is 11.3 Å². The minimum atomic E-state index is 0.312. The lowest BCUT2D eigenvalue weighted by Gasteiger charge is -2.16. The average Bonchev–Trinajstić information content (AvgIpc) is 2.69. The Bertz CT molecular complexity index is 476. The maximum absolute atomic E-state index is 4.42. The van der Waals surface area contributed by atoms with Gasteiger partial charge in [-0.25, -0.2) is 0 Å². The number of halogens is 2. The summed E-state index contributed by atoms with van der Waals surface area (Å²) in [6.45, 7) is 4.32. The number of alkyl halides is 1. The Hall–Kier alpha value is -0.190. The predicted molar refractivity (Wildman–Crippen MR) is 81.1 cm³/mol. The number of rotatable bonds is 3. The Balaban J connectivity index is 2.23. The molecule has 2 heterocycles. The molecule has 0 aliphatic rings. The summed E-state index contributed by atoms with van der Waals surface area (Å²) in [7, 11) is 0. The van der Waals surface area contributed by atoms with Crippen LogP contribution in [0.15, 0.2) is 34.2 Å². The van der Waals surface area contributed by atoms with Gasteiger partial charge in [0, 0.05) is 22.7 Å². The SMILES string of the molecule is Cc1cc(C(Br)C(C)c2ccccn2)sc1Br. The third kappa shape index (κ3) is 2.98. The molecule has 1 nitrogen and oxygen atoms in total. The fourth-order valence-corrected chi connectivity index (χ4v) is 4.00. The second-order valence-electron chi connectivity index (χ2n) is 4.05. The van der Waals surface area contributed by atoms with Crippen LogP contribution < -0.4 is 0 Å². The Labute approximate surface area is 123 Å². The van der Waals surface area contributed by atoms with Gasteiger partial charge in [0.05, 0.1) is 8.61 Å². The van der Waals surface area contributed by atoms with Crippen molar-refractivity contribution >= 4 is 43.2 Å². The van der Waals surface area contributed by atoms with Gasteiger partial charge in [-0.05, 0) is 46.6 Å². The van der Waals surface area contributed by atoms with Crippen LogP contribution in [0.4, 0.5) is 0 Å². The Morgan fingerprint density at radius 3 is 2.65 bits per heavy atom. The summed E-state index contributed by atoms with van der Waals surface area (Å²) in [5.41, 5.74) is 2.42. The smallest absolute Gasteiger partial charge is 0.0730 e. The van der Waals surface area contributed by atoms with Gasteiger partial charge in [0.15, 0.2) is 0 Å². The van der Waals surface area contributed by atoms with Crippen molar-refractivity contribution in [2.24, 2.45) is 0 Å². The van der Waals surface area contributed by atoms with E-state index in [2.05, 4.69) is 62.8 Å². The first-order valence-electron chi connectivity index (χ1n) is 5.40. The zero-order valence-electron chi connectivity index (χ0n) is 9.65. The Morgan fingerprint density at radius 1 is 1.35 bits per heavy atom. The Morgan fingerprint density at radius 2 is 2.12 bits per heavy atom. The summed E-state index contributed by atoms with van der Waals surface area (Å²) >= 11 is 9.14. The van der Waals surface area contributed by atoms with Gasteiger partial charge in [0.2, 0.25) is 0 Å². The number of aromatic nitrogens is 1. The maximum atomic E-state index is 4.42. The van der Waals surface area contributed by atoms with Crippen molar-refractivity contribution in [3.8, 4) is 0 Å². The fourth-order valence-electron chi connectivity index (χ4n) is 1.66. The summed E-state index contributed by atoms with van der Waals surface area (Å²) in [6.07, 6.45) is 1.85. The van der Waals surface area contributed by atoms with Crippen molar-refractivity contribution in [1.29, 1.82) is 0 Å². The van der Waals surface area contributed by atoms with E-state index in [0.717, 1.165) is 5.69 Å². The summed E-state index contributed by atoms with van der Waals surface area (Å²) in [5.74, 6) is 0.362. The lowest BCUT2D eigenvalue weighted by Crippen LogP contribution is -2.02. The molecule has 17 heavy (non-hydrogen) atoms. The van der Waals surface area contributed by atoms with Crippen LogP contribution in [0.3, 0.4) is 0 Å². The molecule has 0 spiro atoms. The van der Waals surface area contributed by atoms with E-state index in [0.29, 0.717) is 10.7 Å². The van der Waals surface area contributed by atoms with E-state index < -0.39 is 0 Å². The molecule has 0 aliphatic carbocycles. The number of thiophene rings is 1. The molecular formula is C13H13Br2NS. The largest absolute Gasteiger partial charge is 0.261 e. The molecule has 0 saturated heterocycles. The number of aryl methyl sites for hydroxylation is 1. The van der Waals surface area contributed by atoms with E-state index >= 15 is 0 Å². The van der Waals surface area contributed by atoms with Crippen LogP contribution in [0, 0.1) is 6.92 Å². The van der Waals surface area contributed by atoms with Crippen molar-refractivity contribution in [3.05, 3.63) is 50.4 Å². The summed E-state index contributed by atoms with van der Waals surface area (Å²) in [6, 6.07) is 8.29. The van der Waals surface area contributed by atoms with Crippen molar-refractivity contribution in [2.75, 3.05) is 0 Å². The van der Waals surface area contributed by atoms with E-state index in [1.165, 1.54) is 14.2 Å². The van der Waals surface area contributed by atoms with Crippen LogP contribution in [0.2, 0.25) is 0 Å². The fraction of sp³-hybridized carbons (Fsp3) is 0.308. The van der Waals surface area contributed by atoms with Gasteiger partial charge in [0.25, 0.3) is 0 Å². The van der Waals surface area contributed by atoms with Crippen molar-refractivity contribution in [3.63, 3.8) is 0 Å². The third-order valence-corrected chi connectivity index (χ3v) is 6.55. The lowest BCUT2D eigenvalue weighted by atomic mass is 10.0. The van der Waals surface area contributed by atoms with Gasteiger partial charge in [-0.1, -0.05) is 28.9 Å². The van der Waals surface area contributed by atoms with Gasteiger partial charge in [-0.2, -0.15) is 0 Å². The molecule has 4 heteroatoms. The Kier molecular flexibility index (Phi) is 4.39. The first-order chi connectivity index (χ1) is 8.09. The van der Waals surface area contributed by atoms with Gasteiger partial charge in [0.1, 0.15) is 0 Å². The molecule has 2 atom stereocenters. The quantitative estimate of drug-likeness (QED) is 0.650. The summed E-state index contributed by atoms with van der Waals surface area (Å²) < 4.78 is 1.21. The van der Waals surface area contributed by atoms with Gasteiger partial charge in [-0.3, -0.25) is 4.98 Å². The van der Waals surface area contributed by atoms with E-state index in [9.17, 15) is 0 Å². The standard InChI is InChI=1S/C13H13Br2NS/c1-8-7-11(17-13(8)15)12(14)9(2)10-5-3-4-6-16-10/h3-7,9,12H,1-2H3. The molecule has 2 aromatic heterocycles. The normalized spacial score (nSPS) is 14.6. The highest BCUT2D eigenvalue weighted by atomic mass is 79.9. The molecule has 0 amide bonds. The van der Waals surface area contributed by atoms with E-state index in [1.54, 1.807) is 11.3 Å². The average molecular weight is 375 g/mol. The predicted octanol–water partition coefficient (Wildman–Crippen LogP) is 5.45. The molecular weight excluding hydrogens is 362 g/mol. The molecule has 0 N–H and O–H groups in total. The molecule has 0 saturated carbocycles. The first-order valence-corrected chi connectivity index (χ1v) is 7.93. The topological polar surface area (TPSA) is 12.9 Å². The number of nitrogens with zero attached hydrogens (tertiary/aromatic N) is 1. The van der Waals surface area contributed by atoms with Crippen molar-refractivity contribution in [1.82, 2.24) is 4.98 Å². The van der Waals surface area contributed by atoms with E-state index in [1.807, 2.05) is 18.3 Å². The monoisotopic (exact) mass is 373 g/mol. The minimum Gasteiger partial charge on any atom is -0.261 e. The number of pyridine rings is 1. The zero-order valence-corrected chi connectivity index (χ0v) is 13.6. The van der Waals surface area contributed by atoms with E-state index in [4.69, 9.17) is 0 Å². The van der Waals surface area contributed by atoms with Gasteiger partial charge < -0.3 is 0 Å². The molecule has 0 aromatic carbocycles. The van der Waals surface area contributed by atoms with Crippen LogP contribution in [0.25, 0.3) is 0 Å². The lowest BCUT2D eigenvalue weighted by molar-refractivity contribution is 0.732. The number of hydrogen-bond donors (Lipinski definition) is 0. The van der Waals surface area contributed by atoms with Crippen LogP contribution >= 0.6 is 43.2 Å². The first kappa shape index (κ1) is 13.2. The highest BCUT2D eigenvalue weighted by Crippen LogP contribution is 2.42. The summed E-state index contributed by atoms with van der Waals surface area (Å²) in [5, 5.41) is 0. The van der Waals surface area contributed by atoms with E-state index in [-0.39, 0.29) is 0 Å². The van der Waals surface area contributed by atoms with Gasteiger partial charge >= 0.3 is 0 Å². The minimum absolute atomic E-state index is 0.312. The molecule has 2 aromatic rings. The summed E-state index contributed by atoms with van der Waals surface area (Å²) in [4.78, 5) is 6.07. The highest BCUT2D eigenvalue weighted by Gasteiger charge is 2.21. The van der Waals surface area contributed by atoms with Crippen LogP contribution in [0.5, 0.6) is 0 Å². The van der Waals surface area contributed by atoms with Crippen LogP contribution in [0.1, 0.15) is 33.8 Å². The molecule has 90 valence electrons. The van der Waals surface area contributed by atoms with Crippen LogP contribution in [-0.2, 0) is 0 Å². The maximum Gasteiger partial charge on any atom is 0.0730 e. The molecule has 2 unspecified atom stereocenters. The second-order valence-corrected chi connectivity index (χ2v) is 7.44. The molecule has 0 radical (unpaired) electrons. The molecule has 0 fully saturated rings. The van der Waals surface area contributed by atoms with Crippen molar-refractivity contribution in [2.45, 2.75) is 24.6 Å². The van der Waals surface area contributed by atoms with Crippen LogP contribution in [-0.4, -0.2) is 4.98 Å². The highest BCUT2D eigenvalue weighted by molar-refractivity contribution is 9.11. The second kappa shape index (κ2) is 5.63. The zero-order chi connectivity index (χ0) is 12.4.